The Hall–Kier alpha value is -4.59. The highest BCUT2D eigenvalue weighted by Crippen LogP contribution is 2.19. The SMILES string of the molecule is O=C(COc1ccccc1)N[C@@H](Cc1ccc(OCCc2coc(-c3ccccc3)n2)cc1)C(=O)O. The number of carbonyl (C=O) groups is 2. The number of para-hydroxylation sites is 1. The Morgan fingerprint density at radius 2 is 1.56 bits per heavy atom. The number of nitrogens with one attached hydrogen (secondary N) is 1. The zero-order chi connectivity index (χ0) is 25.2. The van der Waals surface area contributed by atoms with Gasteiger partial charge in [0.1, 0.15) is 23.8 Å². The number of benzene rings is 3. The van der Waals surface area contributed by atoms with Gasteiger partial charge in [-0.2, -0.15) is 0 Å². The Balaban J connectivity index is 1.23. The first kappa shape index (κ1) is 24.5. The van der Waals surface area contributed by atoms with E-state index in [-0.39, 0.29) is 13.0 Å². The zero-order valence-electron chi connectivity index (χ0n) is 19.5. The van der Waals surface area contributed by atoms with E-state index in [1.165, 1.54) is 0 Å². The molecule has 2 N–H and O–H groups in total. The summed E-state index contributed by atoms with van der Waals surface area (Å²) in [5.74, 6) is 0.134. The molecule has 1 atom stereocenters. The van der Waals surface area contributed by atoms with Crippen molar-refractivity contribution in [3.63, 3.8) is 0 Å². The lowest BCUT2D eigenvalue weighted by atomic mass is 10.1. The van der Waals surface area contributed by atoms with Gasteiger partial charge in [-0.25, -0.2) is 9.78 Å². The third-order valence-corrected chi connectivity index (χ3v) is 5.31. The first-order chi connectivity index (χ1) is 17.6. The molecule has 4 rings (SSSR count). The Bertz CT molecular complexity index is 1260. The molecule has 1 amide bonds. The predicted molar refractivity (Wildman–Crippen MR) is 133 cm³/mol. The van der Waals surface area contributed by atoms with E-state index in [1.54, 1.807) is 54.8 Å². The van der Waals surface area contributed by atoms with Crippen LogP contribution in [-0.4, -0.2) is 41.2 Å². The second-order valence-electron chi connectivity index (χ2n) is 8.02. The molecular weight excluding hydrogens is 460 g/mol. The molecule has 1 heterocycles. The number of carboxylic acids is 1. The molecule has 0 unspecified atom stereocenters. The lowest BCUT2D eigenvalue weighted by Gasteiger charge is -2.15. The van der Waals surface area contributed by atoms with Gasteiger partial charge in [-0.1, -0.05) is 48.5 Å². The number of aliphatic carboxylic acids is 1. The highest BCUT2D eigenvalue weighted by atomic mass is 16.5. The standard InChI is InChI=1S/C28H26N2O6/c31-26(19-35-23-9-5-2-6-10-23)30-25(28(32)33)17-20-11-13-24(14-12-20)34-16-15-22-18-36-27(29-22)21-7-3-1-4-8-21/h1-14,18,25H,15-17,19H2,(H,30,31)(H,32,33)/t25-/m0/s1. The second-order valence-corrected chi connectivity index (χ2v) is 8.02. The summed E-state index contributed by atoms with van der Waals surface area (Å²) in [7, 11) is 0. The smallest absolute Gasteiger partial charge is 0.326 e. The molecule has 8 nitrogen and oxygen atoms in total. The molecule has 0 bridgehead atoms. The number of carbonyl (C=O) groups excluding carboxylic acids is 1. The summed E-state index contributed by atoms with van der Waals surface area (Å²) in [6.07, 6.45) is 2.34. The molecule has 184 valence electrons. The third kappa shape index (κ3) is 7.20. The first-order valence-corrected chi connectivity index (χ1v) is 11.5. The molecule has 0 radical (unpaired) electrons. The average molecular weight is 487 g/mol. The Morgan fingerprint density at radius 1 is 0.889 bits per heavy atom. The van der Waals surface area contributed by atoms with Crippen molar-refractivity contribution in [1.82, 2.24) is 10.3 Å². The number of amides is 1. The van der Waals surface area contributed by atoms with Crippen molar-refractivity contribution in [2.75, 3.05) is 13.2 Å². The Labute approximate surface area is 208 Å². The average Bonchev–Trinajstić information content (AvgIpc) is 3.38. The molecule has 0 aliphatic heterocycles. The van der Waals surface area contributed by atoms with Gasteiger partial charge in [0, 0.05) is 18.4 Å². The Morgan fingerprint density at radius 3 is 2.25 bits per heavy atom. The van der Waals surface area contributed by atoms with E-state index < -0.39 is 17.9 Å². The number of hydrogen-bond donors (Lipinski definition) is 2. The summed E-state index contributed by atoms with van der Waals surface area (Å²) in [5, 5.41) is 12.0. The van der Waals surface area contributed by atoms with Crippen LogP contribution in [0.4, 0.5) is 0 Å². The molecule has 0 saturated carbocycles. The van der Waals surface area contributed by atoms with E-state index >= 15 is 0 Å². The van der Waals surface area contributed by atoms with Crippen LogP contribution in [0.5, 0.6) is 11.5 Å². The molecule has 8 heteroatoms. The highest BCUT2D eigenvalue weighted by Gasteiger charge is 2.20. The summed E-state index contributed by atoms with van der Waals surface area (Å²) in [6, 6.07) is 24.6. The zero-order valence-corrected chi connectivity index (χ0v) is 19.5. The van der Waals surface area contributed by atoms with E-state index in [9.17, 15) is 14.7 Å². The monoisotopic (exact) mass is 486 g/mol. The quantitative estimate of drug-likeness (QED) is 0.309. The molecule has 4 aromatic rings. The van der Waals surface area contributed by atoms with Crippen molar-refractivity contribution in [1.29, 1.82) is 0 Å². The van der Waals surface area contributed by atoms with Crippen molar-refractivity contribution in [3.05, 3.63) is 102 Å². The molecule has 0 aliphatic carbocycles. The van der Waals surface area contributed by atoms with Gasteiger partial charge in [-0.15, -0.1) is 0 Å². The highest BCUT2D eigenvalue weighted by molar-refractivity contribution is 5.84. The minimum Gasteiger partial charge on any atom is -0.493 e. The summed E-state index contributed by atoms with van der Waals surface area (Å²) >= 11 is 0. The normalized spacial score (nSPS) is 11.4. The van der Waals surface area contributed by atoms with Crippen LogP contribution < -0.4 is 14.8 Å². The van der Waals surface area contributed by atoms with Crippen LogP contribution in [-0.2, 0) is 22.4 Å². The van der Waals surface area contributed by atoms with Gasteiger partial charge in [0.2, 0.25) is 5.89 Å². The number of nitrogens with zero attached hydrogens (tertiary/aromatic N) is 1. The van der Waals surface area contributed by atoms with Gasteiger partial charge in [0.15, 0.2) is 6.61 Å². The summed E-state index contributed by atoms with van der Waals surface area (Å²) in [4.78, 5) is 28.3. The van der Waals surface area contributed by atoms with E-state index in [0.717, 1.165) is 16.8 Å². The van der Waals surface area contributed by atoms with Crippen LogP contribution in [0.1, 0.15) is 11.3 Å². The maximum absolute atomic E-state index is 12.2. The van der Waals surface area contributed by atoms with E-state index in [4.69, 9.17) is 13.9 Å². The maximum atomic E-state index is 12.2. The molecule has 0 aliphatic rings. The number of carboxylic acid groups (broad SMARTS) is 1. The van der Waals surface area contributed by atoms with Gasteiger partial charge in [-0.3, -0.25) is 4.79 Å². The van der Waals surface area contributed by atoms with Gasteiger partial charge in [0.05, 0.1) is 12.3 Å². The van der Waals surface area contributed by atoms with Gasteiger partial charge < -0.3 is 24.3 Å². The van der Waals surface area contributed by atoms with Gasteiger partial charge >= 0.3 is 5.97 Å². The van der Waals surface area contributed by atoms with Crippen molar-refractivity contribution in [2.24, 2.45) is 0 Å². The minimum atomic E-state index is -1.12. The number of rotatable bonds is 12. The van der Waals surface area contributed by atoms with Crippen molar-refractivity contribution in [3.8, 4) is 23.0 Å². The second kappa shape index (κ2) is 12.2. The topological polar surface area (TPSA) is 111 Å². The predicted octanol–water partition coefficient (Wildman–Crippen LogP) is 4.15. The molecule has 3 aromatic carbocycles. The third-order valence-electron chi connectivity index (χ3n) is 5.31. The van der Waals surface area contributed by atoms with Crippen LogP contribution in [0.2, 0.25) is 0 Å². The number of oxazole rings is 1. The van der Waals surface area contributed by atoms with Crippen molar-refractivity contribution in [2.45, 2.75) is 18.9 Å². The maximum Gasteiger partial charge on any atom is 0.326 e. The molecular formula is C28H26N2O6. The lowest BCUT2D eigenvalue weighted by Crippen LogP contribution is -2.44. The summed E-state index contributed by atoms with van der Waals surface area (Å²) < 4.78 is 16.7. The number of hydrogen-bond acceptors (Lipinski definition) is 6. The molecule has 1 aromatic heterocycles. The summed E-state index contributed by atoms with van der Waals surface area (Å²) in [6.45, 7) is 0.147. The van der Waals surface area contributed by atoms with Gasteiger partial charge in [-0.05, 0) is 42.0 Å². The fraction of sp³-hybridized carbons (Fsp3) is 0.179. The number of ether oxygens (including phenoxy) is 2. The minimum absolute atomic E-state index is 0.133. The molecule has 36 heavy (non-hydrogen) atoms. The van der Waals surface area contributed by atoms with E-state index in [2.05, 4.69) is 10.3 Å². The molecule has 0 fully saturated rings. The van der Waals surface area contributed by atoms with Crippen molar-refractivity contribution >= 4 is 11.9 Å². The number of aromatic nitrogens is 1. The van der Waals surface area contributed by atoms with Crippen LogP contribution >= 0.6 is 0 Å². The Kier molecular flexibility index (Phi) is 8.32. The lowest BCUT2D eigenvalue weighted by molar-refractivity contribution is -0.142. The molecule has 0 spiro atoms. The fourth-order valence-corrected chi connectivity index (χ4v) is 3.47. The van der Waals surface area contributed by atoms with Crippen LogP contribution in [0.15, 0.2) is 95.6 Å². The van der Waals surface area contributed by atoms with Gasteiger partial charge in [0.25, 0.3) is 5.91 Å². The van der Waals surface area contributed by atoms with E-state index in [1.807, 2.05) is 36.4 Å². The van der Waals surface area contributed by atoms with Crippen LogP contribution in [0, 0.1) is 0 Å². The largest absolute Gasteiger partial charge is 0.493 e. The fourth-order valence-electron chi connectivity index (χ4n) is 3.47. The van der Waals surface area contributed by atoms with Crippen LogP contribution in [0.3, 0.4) is 0 Å². The first-order valence-electron chi connectivity index (χ1n) is 11.5. The van der Waals surface area contributed by atoms with Crippen molar-refractivity contribution < 1.29 is 28.6 Å². The summed E-state index contributed by atoms with van der Waals surface area (Å²) in [5.41, 5.74) is 2.46. The van der Waals surface area contributed by atoms with E-state index in [0.29, 0.717) is 30.4 Å². The van der Waals surface area contributed by atoms with Crippen LogP contribution in [0.25, 0.3) is 11.5 Å². The molecule has 0 saturated heterocycles.